The average Bonchev–Trinajstić information content (AvgIpc) is 3.26. The van der Waals surface area contributed by atoms with Gasteiger partial charge in [0.05, 0.1) is 18.1 Å². The van der Waals surface area contributed by atoms with Gasteiger partial charge >= 0.3 is 0 Å². The van der Waals surface area contributed by atoms with Crippen molar-refractivity contribution < 1.29 is 14.5 Å². The number of hydrogen-bond donors (Lipinski definition) is 1. The number of nitrogens with one attached hydrogen (secondary N) is 1. The van der Waals surface area contributed by atoms with Crippen LogP contribution in [0.4, 0.5) is 5.69 Å². The van der Waals surface area contributed by atoms with Crippen LogP contribution in [0.15, 0.2) is 55.1 Å². The van der Waals surface area contributed by atoms with Gasteiger partial charge in [-0.15, -0.1) is 0 Å². The van der Waals surface area contributed by atoms with E-state index in [0.717, 1.165) is 11.3 Å². The lowest BCUT2D eigenvalue weighted by molar-refractivity contribution is -0.384. The van der Waals surface area contributed by atoms with Crippen LogP contribution in [-0.4, -0.2) is 32.7 Å². The van der Waals surface area contributed by atoms with Crippen LogP contribution < -0.4 is 10.1 Å². The predicted molar refractivity (Wildman–Crippen MR) is 102 cm³/mol. The summed E-state index contributed by atoms with van der Waals surface area (Å²) in [5.41, 5.74) is 1.13. The number of nitro groups is 1. The van der Waals surface area contributed by atoms with Gasteiger partial charge in [0.2, 0.25) is 0 Å². The summed E-state index contributed by atoms with van der Waals surface area (Å²) in [6, 6.07) is 11.4. The third kappa shape index (κ3) is 3.98. The van der Waals surface area contributed by atoms with Crippen molar-refractivity contribution in [1.82, 2.24) is 20.1 Å². The Bertz CT molecular complexity index is 970. The fourth-order valence-corrected chi connectivity index (χ4v) is 2.84. The van der Waals surface area contributed by atoms with Crippen LogP contribution in [0.25, 0.3) is 5.69 Å². The van der Waals surface area contributed by atoms with Crippen LogP contribution >= 0.6 is 0 Å². The van der Waals surface area contributed by atoms with Gasteiger partial charge in [-0.25, -0.2) is 9.67 Å². The van der Waals surface area contributed by atoms with Crippen LogP contribution in [-0.2, 0) is 0 Å². The van der Waals surface area contributed by atoms with E-state index in [1.807, 2.05) is 31.2 Å². The average molecular weight is 381 g/mol. The number of hydrogen-bond acceptors (Lipinski definition) is 6. The van der Waals surface area contributed by atoms with Crippen LogP contribution in [0.3, 0.4) is 0 Å². The molecule has 9 heteroatoms. The molecule has 1 N–H and O–H groups in total. The number of nitrogens with zero attached hydrogens (tertiary/aromatic N) is 4. The molecule has 0 unspecified atom stereocenters. The van der Waals surface area contributed by atoms with Gasteiger partial charge in [-0.05, 0) is 36.2 Å². The molecule has 1 atom stereocenters. The maximum atomic E-state index is 12.7. The van der Waals surface area contributed by atoms with Crippen molar-refractivity contribution in [3.63, 3.8) is 0 Å². The van der Waals surface area contributed by atoms with E-state index in [0.29, 0.717) is 6.42 Å². The van der Waals surface area contributed by atoms with Gasteiger partial charge in [-0.2, -0.15) is 5.10 Å². The molecule has 0 spiro atoms. The number of rotatable bonds is 7. The molecular weight excluding hydrogens is 362 g/mol. The summed E-state index contributed by atoms with van der Waals surface area (Å²) in [5.74, 6) is 0.333. The van der Waals surface area contributed by atoms with E-state index in [4.69, 9.17) is 4.74 Å². The van der Waals surface area contributed by atoms with E-state index in [-0.39, 0.29) is 23.0 Å². The molecule has 1 heterocycles. The minimum Gasteiger partial charge on any atom is -0.497 e. The first-order chi connectivity index (χ1) is 13.5. The van der Waals surface area contributed by atoms with Gasteiger partial charge in [0, 0.05) is 11.6 Å². The molecule has 9 nitrogen and oxygen atoms in total. The van der Waals surface area contributed by atoms with Crippen molar-refractivity contribution in [1.29, 1.82) is 0 Å². The fraction of sp³-hybridized carbons (Fsp3) is 0.211. The molecule has 2 aromatic carbocycles. The van der Waals surface area contributed by atoms with Crippen molar-refractivity contribution in [2.45, 2.75) is 19.4 Å². The van der Waals surface area contributed by atoms with Crippen molar-refractivity contribution in [2.75, 3.05) is 7.11 Å². The molecule has 0 bridgehead atoms. The Balaban J connectivity index is 1.84. The summed E-state index contributed by atoms with van der Waals surface area (Å²) in [5, 5.41) is 18.3. The minimum atomic E-state index is -0.547. The van der Waals surface area contributed by atoms with Crippen molar-refractivity contribution in [3.05, 3.63) is 76.4 Å². The molecule has 3 aromatic rings. The smallest absolute Gasteiger partial charge is 0.295 e. The van der Waals surface area contributed by atoms with Gasteiger partial charge in [0.1, 0.15) is 24.1 Å². The molecule has 0 aliphatic rings. The normalized spacial score (nSPS) is 11.6. The Morgan fingerprint density at radius 1 is 1.29 bits per heavy atom. The SMILES string of the molecule is CC[C@@H](NC(=O)c1ccc(-n2cncn2)c([N+](=O)[O-])c1)c1ccc(OC)cc1. The molecule has 0 aliphatic heterocycles. The van der Waals surface area contributed by atoms with E-state index >= 15 is 0 Å². The molecule has 3 rings (SSSR count). The number of carbonyl (C=O) groups excluding carboxylic acids is 1. The standard InChI is InChI=1S/C19H19N5O4/c1-3-16(13-4-7-15(28-2)8-5-13)22-19(25)14-6-9-17(18(10-14)24(26)27)23-12-20-11-21-23/h4-12,16H,3H2,1-2H3,(H,22,25)/t16-/m1/s1. The molecule has 0 radical (unpaired) electrons. The first-order valence-corrected chi connectivity index (χ1v) is 8.61. The molecular formula is C19H19N5O4. The van der Waals surface area contributed by atoms with E-state index in [1.54, 1.807) is 7.11 Å². The number of aromatic nitrogens is 3. The van der Waals surface area contributed by atoms with Gasteiger partial charge in [0.15, 0.2) is 0 Å². The maximum absolute atomic E-state index is 12.7. The molecule has 0 saturated heterocycles. The lowest BCUT2D eigenvalue weighted by Gasteiger charge is -2.18. The van der Waals surface area contributed by atoms with Crippen LogP contribution in [0, 0.1) is 10.1 Å². The number of benzene rings is 2. The van der Waals surface area contributed by atoms with Gasteiger partial charge in [0.25, 0.3) is 11.6 Å². The highest BCUT2D eigenvalue weighted by atomic mass is 16.6. The summed E-state index contributed by atoms with van der Waals surface area (Å²) in [4.78, 5) is 27.4. The molecule has 1 aromatic heterocycles. The number of methoxy groups -OCH3 is 1. The second-order valence-electron chi connectivity index (χ2n) is 6.01. The summed E-state index contributed by atoms with van der Waals surface area (Å²) < 4.78 is 6.43. The maximum Gasteiger partial charge on any atom is 0.295 e. The molecule has 0 fully saturated rings. The van der Waals surface area contributed by atoms with E-state index < -0.39 is 10.8 Å². The highest BCUT2D eigenvalue weighted by Gasteiger charge is 2.21. The van der Waals surface area contributed by atoms with E-state index in [2.05, 4.69) is 15.4 Å². The largest absolute Gasteiger partial charge is 0.497 e. The molecule has 28 heavy (non-hydrogen) atoms. The van der Waals surface area contributed by atoms with E-state index in [9.17, 15) is 14.9 Å². The Morgan fingerprint density at radius 3 is 2.61 bits per heavy atom. The summed E-state index contributed by atoms with van der Waals surface area (Å²) in [6.07, 6.45) is 3.31. The highest BCUT2D eigenvalue weighted by molar-refractivity contribution is 5.95. The molecule has 1 amide bonds. The topological polar surface area (TPSA) is 112 Å². The van der Waals surface area contributed by atoms with Crippen molar-refractivity contribution in [3.8, 4) is 11.4 Å². The zero-order chi connectivity index (χ0) is 20.1. The zero-order valence-electron chi connectivity index (χ0n) is 15.4. The van der Waals surface area contributed by atoms with Crippen LogP contribution in [0.1, 0.15) is 35.3 Å². The van der Waals surface area contributed by atoms with Crippen molar-refractivity contribution >= 4 is 11.6 Å². The lowest BCUT2D eigenvalue weighted by Crippen LogP contribution is -2.28. The number of nitro benzene ring substituents is 1. The lowest BCUT2D eigenvalue weighted by atomic mass is 10.0. The zero-order valence-corrected chi connectivity index (χ0v) is 15.4. The second-order valence-corrected chi connectivity index (χ2v) is 6.01. The summed E-state index contributed by atoms with van der Waals surface area (Å²) in [7, 11) is 1.59. The van der Waals surface area contributed by atoms with Gasteiger partial charge < -0.3 is 10.1 Å². The predicted octanol–water partition coefficient (Wildman–Crippen LogP) is 3.07. The molecule has 0 aliphatic carbocycles. The monoisotopic (exact) mass is 381 g/mol. The summed E-state index contributed by atoms with van der Waals surface area (Å²) in [6.45, 7) is 1.95. The Hall–Kier alpha value is -3.75. The quantitative estimate of drug-likeness (QED) is 0.497. The van der Waals surface area contributed by atoms with E-state index in [1.165, 1.54) is 35.5 Å². The third-order valence-corrected chi connectivity index (χ3v) is 4.33. The summed E-state index contributed by atoms with van der Waals surface area (Å²) >= 11 is 0. The molecule has 144 valence electrons. The Kier molecular flexibility index (Phi) is 5.64. The first-order valence-electron chi connectivity index (χ1n) is 8.61. The Morgan fingerprint density at radius 2 is 2.04 bits per heavy atom. The fourth-order valence-electron chi connectivity index (χ4n) is 2.84. The third-order valence-electron chi connectivity index (χ3n) is 4.33. The number of carbonyl (C=O) groups is 1. The van der Waals surface area contributed by atoms with Gasteiger partial charge in [-0.1, -0.05) is 19.1 Å². The van der Waals surface area contributed by atoms with Crippen LogP contribution in [0.5, 0.6) is 5.75 Å². The minimum absolute atomic E-state index is 0.197. The molecule has 0 saturated carbocycles. The highest BCUT2D eigenvalue weighted by Crippen LogP contribution is 2.25. The van der Waals surface area contributed by atoms with Gasteiger partial charge in [-0.3, -0.25) is 14.9 Å². The first kappa shape index (κ1) is 19.0. The number of amides is 1. The van der Waals surface area contributed by atoms with Crippen LogP contribution in [0.2, 0.25) is 0 Å². The second kappa shape index (κ2) is 8.30. The van der Waals surface area contributed by atoms with Crippen molar-refractivity contribution in [2.24, 2.45) is 0 Å². The number of ether oxygens (including phenoxy) is 1. The Labute approximate surface area is 161 Å².